The van der Waals surface area contributed by atoms with Gasteiger partial charge < -0.3 is 15.8 Å². The van der Waals surface area contributed by atoms with E-state index in [4.69, 9.17) is 10.5 Å². The molecule has 102 valence electrons. The number of hydrogen-bond acceptors (Lipinski definition) is 4. The van der Waals surface area contributed by atoms with Crippen LogP contribution in [0.1, 0.15) is 42.9 Å². The molecule has 1 heterocycles. The van der Waals surface area contributed by atoms with Crippen LogP contribution in [0.15, 0.2) is 0 Å². The van der Waals surface area contributed by atoms with Crippen LogP contribution < -0.4 is 11.1 Å². The SMILES string of the molecule is Cc1[nH]nc(C(=O)NCCCCOC(C)C)c1N. The first-order chi connectivity index (χ1) is 8.52. The predicted molar refractivity (Wildman–Crippen MR) is 70.4 cm³/mol. The van der Waals surface area contributed by atoms with Gasteiger partial charge in [0.2, 0.25) is 0 Å². The van der Waals surface area contributed by atoms with Crippen molar-refractivity contribution in [3.8, 4) is 0 Å². The Morgan fingerprint density at radius 1 is 1.50 bits per heavy atom. The Hall–Kier alpha value is -1.56. The van der Waals surface area contributed by atoms with Crippen molar-refractivity contribution in [2.75, 3.05) is 18.9 Å². The average molecular weight is 254 g/mol. The molecule has 0 spiro atoms. The van der Waals surface area contributed by atoms with Crippen molar-refractivity contribution in [3.63, 3.8) is 0 Å². The number of aryl methyl sites for hydroxylation is 1. The van der Waals surface area contributed by atoms with E-state index in [1.807, 2.05) is 13.8 Å². The first-order valence-electron chi connectivity index (χ1n) is 6.22. The summed E-state index contributed by atoms with van der Waals surface area (Å²) in [6, 6.07) is 0. The second-order valence-corrected chi connectivity index (χ2v) is 4.49. The zero-order valence-corrected chi connectivity index (χ0v) is 11.2. The fraction of sp³-hybridized carbons (Fsp3) is 0.667. The Kier molecular flexibility index (Phi) is 5.64. The Bertz CT molecular complexity index is 387. The van der Waals surface area contributed by atoms with E-state index >= 15 is 0 Å². The zero-order chi connectivity index (χ0) is 13.5. The first kappa shape index (κ1) is 14.5. The van der Waals surface area contributed by atoms with Gasteiger partial charge in [-0.1, -0.05) is 0 Å². The van der Waals surface area contributed by atoms with Gasteiger partial charge in [-0.2, -0.15) is 5.10 Å². The summed E-state index contributed by atoms with van der Waals surface area (Å²) in [5.74, 6) is -0.235. The number of hydrogen-bond donors (Lipinski definition) is 3. The fourth-order valence-corrected chi connectivity index (χ4v) is 1.44. The molecular formula is C12H22N4O2. The lowest BCUT2D eigenvalue weighted by atomic mass is 10.3. The topological polar surface area (TPSA) is 93.0 Å². The predicted octanol–water partition coefficient (Wildman–Crippen LogP) is 1.24. The second kappa shape index (κ2) is 7.00. The number of nitrogens with one attached hydrogen (secondary N) is 2. The van der Waals surface area contributed by atoms with Crippen molar-refractivity contribution in [1.29, 1.82) is 0 Å². The van der Waals surface area contributed by atoms with E-state index < -0.39 is 0 Å². The number of carbonyl (C=O) groups excluding carboxylic acids is 1. The van der Waals surface area contributed by atoms with Gasteiger partial charge in [-0.3, -0.25) is 9.89 Å². The van der Waals surface area contributed by atoms with Crippen molar-refractivity contribution in [3.05, 3.63) is 11.4 Å². The number of aromatic amines is 1. The van der Waals surface area contributed by atoms with Gasteiger partial charge in [0, 0.05) is 13.2 Å². The number of nitrogens with two attached hydrogens (primary N) is 1. The molecule has 0 aliphatic rings. The smallest absolute Gasteiger partial charge is 0.273 e. The van der Waals surface area contributed by atoms with Gasteiger partial charge in [-0.15, -0.1) is 0 Å². The lowest BCUT2D eigenvalue weighted by Crippen LogP contribution is -2.25. The van der Waals surface area contributed by atoms with Crippen molar-refractivity contribution < 1.29 is 9.53 Å². The number of anilines is 1. The highest BCUT2D eigenvalue weighted by Gasteiger charge is 2.14. The minimum Gasteiger partial charge on any atom is -0.395 e. The van der Waals surface area contributed by atoms with Crippen LogP contribution in [0, 0.1) is 6.92 Å². The van der Waals surface area contributed by atoms with E-state index in [0.29, 0.717) is 17.9 Å². The number of nitrogens with zero attached hydrogens (tertiary/aromatic N) is 1. The Labute approximate surface area is 107 Å². The molecule has 0 aliphatic heterocycles. The third-order valence-corrected chi connectivity index (χ3v) is 2.52. The van der Waals surface area contributed by atoms with E-state index in [9.17, 15) is 4.79 Å². The molecule has 0 aliphatic carbocycles. The summed E-state index contributed by atoms with van der Waals surface area (Å²) in [6.45, 7) is 7.11. The number of carbonyl (C=O) groups is 1. The maximum Gasteiger partial charge on any atom is 0.273 e. The molecule has 18 heavy (non-hydrogen) atoms. The van der Waals surface area contributed by atoms with E-state index in [0.717, 1.165) is 19.4 Å². The van der Waals surface area contributed by atoms with Crippen LogP contribution in [0.2, 0.25) is 0 Å². The van der Waals surface area contributed by atoms with Crippen molar-refractivity contribution in [2.24, 2.45) is 0 Å². The van der Waals surface area contributed by atoms with Crippen LogP contribution in [-0.2, 0) is 4.74 Å². The van der Waals surface area contributed by atoms with Crippen LogP contribution in [0.4, 0.5) is 5.69 Å². The fourth-order valence-electron chi connectivity index (χ4n) is 1.44. The van der Waals surface area contributed by atoms with Crippen LogP contribution in [-0.4, -0.2) is 35.4 Å². The Morgan fingerprint density at radius 3 is 2.78 bits per heavy atom. The first-order valence-corrected chi connectivity index (χ1v) is 6.22. The van der Waals surface area contributed by atoms with E-state index in [1.165, 1.54) is 0 Å². The molecule has 0 radical (unpaired) electrons. The number of H-pyrrole nitrogens is 1. The number of unbranched alkanes of at least 4 members (excludes halogenated alkanes) is 1. The summed E-state index contributed by atoms with van der Waals surface area (Å²) in [7, 11) is 0. The molecule has 1 aromatic heterocycles. The molecule has 0 atom stereocenters. The van der Waals surface area contributed by atoms with Gasteiger partial charge in [0.25, 0.3) is 5.91 Å². The summed E-state index contributed by atoms with van der Waals surface area (Å²) < 4.78 is 5.41. The van der Waals surface area contributed by atoms with Crippen LogP contribution in [0.25, 0.3) is 0 Å². The van der Waals surface area contributed by atoms with E-state index in [-0.39, 0.29) is 17.7 Å². The minimum atomic E-state index is -0.235. The molecule has 0 saturated heterocycles. The molecule has 6 nitrogen and oxygen atoms in total. The lowest BCUT2D eigenvalue weighted by Gasteiger charge is -2.07. The maximum absolute atomic E-state index is 11.7. The number of nitrogen functional groups attached to an aromatic ring is 1. The maximum atomic E-state index is 11.7. The summed E-state index contributed by atoms with van der Waals surface area (Å²) in [6.07, 6.45) is 2.06. The molecule has 1 amide bonds. The highest BCUT2D eigenvalue weighted by atomic mass is 16.5. The van der Waals surface area contributed by atoms with E-state index in [2.05, 4.69) is 15.5 Å². The lowest BCUT2D eigenvalue weighted by molar-refractivity contribution is 0.0754. The Balaban J connectivity index is 2.20. The van der Waals surface area contributed by atoms with Crippen molar-refractivity contribution >= 4 is 11.6 Å². The van der Waals surface area contributed by atoms with Crippen molar-refractivity contribution in [1.82, 2.24) is 15.5 Å². The Morgan fingerprint density at radius 2 is 2.22 bits per heavy atom. The molecule has 0 aromatic carbocycles. The van der Waals surface area contributed by atoms with Gasteiger partial charge in [-0.25, -0.2) is 0 Å². The quantitative estimate of drug-likeness (QED) is 0.638. The minimum absolute atomic E-state index is 0.235. The molecule has 0 fully saturated rings. The number of amides is 1. The molecule has 0 unspecified atom stereocenters. The van der Waals surface area contributed by atoms with Crippen LogP contribution in [0.5, 0.6) is 0 Å². The second-order valence-electron chi connectivity index (χ2n) is 4.49. The third kappa shape index (κ3) is 4.37. The summed E-state index contributed by atoms with van der Waals surface area (Å²) >= 11 is 0. The molecule has 0 saturated carbocycles. The largest absolute Gasteiger partial charge is 0.395 e. The number of aromatic nitrogens is 2. The summed E-state index contributed by atoms with van der Waals surface area (Å²) in [5, 5.41) is 9.34. The molecule has 1 rings (SSSR count). The normalized spacial score (nSPS) is 10.9. The standard InChI is InChI=1S/C12H22N4O2/c1-8(2)18-7-5-4-6-14-12(17)11-10(13)9(3)15-16-11/h8H,4-7,13H2,1-3H3,(H,14,17)(H,15,16). The van der Waals surface area contributed by atoms with Gasteiger partial charge >= 0.3 is 0 Å². The van der Waals surface area contributed by atoms with E-state index in [1.54, 1.807) is 6.92 Å². The molecule has 1 aromatic rings. The average Bonchev–Trinajstić information content (AvgIpc) is 2.64. The zero-order valence-electron chi connectivity index (χ0n) is 11.2. The monoisotopic (exact) mass is 254 g/mol. The number of rotatable bonds is 7. The van der Waals surface area contributed by atoms with Gasteiger partial charge in [0.1, 0.15) is 0 Å². The highest BCUT2D eigenvalue weighted by Crippen LogP contribution is 2.11. The van der Waals surface area contributed by atoms with Gasteiger partial charge in [0.05, 0.1) is 17.5 Å². The molecule has 6 heteroatoms. The number of ether oxygens (including phenoxy) is 1. The molecular weight excluding hydrogens is 232 g/mol. The third-order valence-electron chi connectivity index (χ3n) is 2.52. The summed E-state index contributed by atoms with van der Waals surface area (Å²) in [5.41, 5.74) is 7.11. The molecule has 4 N–H and O–H groups in total. The van der Waals surface area contributed by atoms with Gasteiger partial charge in [0.15, 0.2) is 5.69 Å². The van der Waals surface area contributed by atoms with Gasteiger partial charge in [-0.05, 0) is 33.6 Å². The summed E-state index contributed by atoms with van der Waals surface area (Å²) in [4.78, 5) is 11.7. The van der Waals surface area contributed by atoms with Crippen LogP contribution in [0.3, 0.4) is 0 Å². The highest BCUT2D eigenvalue weighted by molar-refractivity contribution is 5.97. The van der Waals surface area contributed by atoms with Crippen LogP contribution >= 0.6 is 0 Å². The molecule has 0 bridgehead atoms. The van der Waals surface area contributed by atoms with Crippen molar-refractivity contribution in [2.45, 2.75) is 39.7 Å².